The summed E-state index contributed by atoms with van der Waals surface area (Å²) >= 11 is 0. The summed E-state index contributed by atoms with van der Waals surface area (Å²) in [5, 5.41) is 45.2. The second-order valence-corrected chi connectivity index (χ2v) is 24.1. The number of imidazole rings is 2. The molecule has 0 radical (unpaired) electrons. The van der Waals surface area contributed by atoms with Gasteiger partial charge in [-0.05, 0) is 78.2 Å². The summed E-state index contributed by atoms with van der Waals surface area (Å²) in [7, 11) is 0. The molecule has 4 aromatic heterocycles. The topological polar surface area (TPSA) is 212 Å². The first-order valence-electron chi connectivity index (χ1n) is 17.9. The number of aromatic nitrogens is 7. The van der Waals surface area contributed by atoms with Crippen LogP contribution in [0.2, 0.25) is 0 Å². The molecule has 0 saturated carbocycles. The fourth-order valence-electron chi connectivity index (χ4n) is 6.39. The molecule has 2 aliphatic rings. The monoisotopic (exact) mass is 773 g/mol. The largest absolute Gasteiger partial charge is 0.397 e. The fourth-order valence-corrected chi connectivity index (χ4v) is 8.29. The molecule has 6 heterocycles. The van der Waals surface area contributed by atoms with E-state index >= 15 is 0 Å². The lowest BCUT2D eigenvalue weighted by Crippen LogP contribution is -2.32. The molecule has 2 fully saturated rings. The number of nitrogens with two attached hydrogens (primary N) is 1. The molecule has 53 heavy (non-hydrogen) atoms. The van der Waals surface area contributed by atoms with Crippen molar-refractivity contribution in [3.05, 3.63) is 42.4 Å². The highest BCUT2D eigenvalue weighted by Gasteiger charge is 2.45. The smallest absolute Gasteiger partial charge is 0.167 e. The molecule has 17 heteroatoms. The number of ether oxygens (including phenoxy) is 2. The molecule has 4 aromatic rings. The van der Waals surface area contributed by atoms with Gasteiger partial charge in [0, 0.05) is 12.7 Å². The molecule has 2 saturated heterocycles. The molecule has 7 N–H and O–H groups in total. The van der Waals surface area contributed by atoms with Crippen LogP contribution in [0.3, 0.4) is 0 Å². The minimum Gasteiger partial charge on any atom is -0.397 e. The minimum absolute atomic E-state index is 0.427. The van der Waals surface area contributed by atoms with Crippen LogP contribution in [0.1, 0.15) is 51.4 Å². The molecule has 0 spiro atoms. The maximum absolute atomic E-state index is 10.6. The van der Waals surface area contributed by atoms with Crippen molar-refractivity contribution in [2.75, 3.05) is 56.6 Å². The molecule has 2 unspecified atom stereocenters. The van der Waals surface area contributed by atoms with Crippen LogP contribution >= 0.6 is 13.8 Å². The average molecular weight is 774 g/mol. The van der Waals surface area contributed by atoms with Crippen LogP contribution in [0.25, 0.3) is 22.3 Å². The highest BCUT2D eigenvalue weighted by atomic mass is 31.2. The lowest BCUT2D eigenvalue weighted by Gasteiger charge is -2.19. The van der Waals surface area contributed by atoms with Gasteiger partial charge in [0.25, 0.3) is 0 Å². The summed E-state index contributed by atoms with van der Waals surface area (Å²) in [5.41, 5.74) is 10.1. The Kier molecular flexibility index (Phi) is 12.9. The number of pyridine rings is 1. The van der Waals surface area contributed by atoms with E-state index in [0.29, 0.717) is 59.0 Å². The van der Waals surface area contributed by atoms with Gasteiger partial charge in [-0.15, -0.1) is 26.4 Å². The van der Waals surface area contributed by atoms with Crippen molar-refractivity contribution >= 4 is 60.2 Å². The predicted molar refractivity (Wildman–Crippen MR) is 217 cm³/mol. The number of allylic oxidation sites excluding steroid dienone is 1. The van der Waals surface area contributed by atoms with Crippen molar-refractivity contribution in [1.82, 2.24) is 34.1 Å². The van der Waals surface area contributed by atoms with Gasteiger partial charge >= 0.3 is 0 Å². The SMILES string of the molecule is C=P(C)(C)CC[C@H]1OC(n2c(C)nc3c(N)ccnc32)[C@H](O)[C@@H]1O.C=P(C)(C)CC[C@H]1OC(n2cnc3c(NC/C=C(/C)CC)ncnc32)[C@H](O)[C@@H]1O. The third-order valence-electron chi connectivity index (χ3n) is 9.66. The Morgan fingerprint density at radius 1 is 0.887 bits per heavy atom. The zero-order valence-electron chi connectivity index (χ0n) is 31.9. The Balaban J connectivity index is 0.000000208. The normalized spacial score (nSPS) is 26.7. The average Bonchev–Trinajstić information content (AvgIpc) is 3.82. The molecule has 6 rings (SSSR count). The molecule has 2 aliphatic heterocycles. The second kappa shape index (κ2) is 16.7. The Morgan fingerprint density at radius 2 is 1.49 bits per heavy atom. The van der Waals surface area contributed by atoms with E-state index in [9.17, 15) is 20.4 Å². The number of hydrogen-bond acceptors (Lipinski definition) is 13. The van der Waals surface area contributed by atoms with E-state index in [-0.39, 0.29) is 0 Å². The number of anilines is 2. The molecule has 8 atom stereocenters. The molecular formula is C36H57N9O6P2. The van der Waals surface area contributed by atoms with Gasteiger partial charge in [-0.25, -0.2) is 24.9 Å². The lowest BCUT2D eigenvalue weighted by molar-refractivity contribution is -0.0363. The third-order valence-corrected chi connectivity index (χ3v) is 12.6. The number of fused-ring (bicyclic) bond motifs is 2. The summed E-state index contributed by atoms with van der Waals surface area (Å²) in [4.78, 5) is 21.8. The molecule has 292 valence electrons. The first kappa shape index (κ1) is 41.0. The molecular weight excluding hydrogens is 716 g/mol. The zero-order valence-corrected chi connectivity index (χ0v) is 33.7. The maximum atomic E-state index is 10.6. The maximum Gasteiger partial charge on any atom is 0.167 e. The number of hydrogen-bond donors (Lipinski definition) is 6. The van der Waals surface area contributed by atoms with Crippen LogP contribution in [0.5, 0.6) is 0 Å². The summed E-state index contributed by atoms with van der Waals surface area (Å²) in [5.74, 6) is 1.26. The molecule has 0 bridgehead atoms. The van der Waals surface area contributed by atoms with Crippen LogP contribution in [0, 0.1) is 6.92 Å². The lowest BCUT2D eigenvalue weighted by atomic mass is 10.1. The minimum atomic E-state index is -1.24. The first-order valence-corrected chi connectivity index (χ1v) is 24.0. The Bertz CT molecular complexity index is 2010. The van der Waals surface area contributed by atoms with Crippen molar-refractivity contribution in [3.63, 3.8) is 0 Å². The van der Waals surface area contributed by atoms with Crippen LogP contribution in [0.15, 0.2) is 36.6 Å². The van der Waals surface area contributed by atoms with E-state index in [1.54, 1.807) is 27.7 Å². The van der Waals surface area contributed by atoms with Crippen LogP contribution in [0.4, 0.5) is 11.5 Å². The highest BCUT2D eigenvalue weighted by molar-refractivity contribution is 7.72. The van der Waals surface area contributed by atoms with Gasteiger partial charge in [0.05, 0.1) is 24.2 Å². The van der Waals surface area contributed by atoms with Crippen molar-refractivity contribution < 1.29 is 29.9 Å². The molecule has 0 amide bonds. The van der Waals surface area contributed by atoms with Crippen LogP contribution in [-0.2, 0) is 9.47 Å². The standard InChI is InChI=1S/C20H32N5O3P.C16H25N4O3P/c1-6-13(2)7-9-21-18-15-19(23-11-22-18)25(12-24-15)20-17(27)16(26)14(28-20)8-10-29(3,4)5;1-9-19-12-10(17)5-7-18-15(12)20(9)16-14(22)13(21)11(23-16)6-8-24(2,3)4/h7,11-12,14,16-17,20,26-27H,3,6,8-10H2,1-2,4-5H3,(H,21,22,23);5,7,11,13-14,16,21-22H,2,6,8H2,1,3-4H3,(H2,17,18)/b13-7-;/t14-,16-,17-,20?;11-,13-,14-,16?/m11/s1. The number of aryl methyl sites for hydroxylation is 1. The number of aliphatic hydroxyl groups is 4. The van der Waals surface area contributed by atoms with Crippen molar-refractivity contribution in [2.45, 2.75) is 89.1 Å². The van der Waals surface area contributed by atoms with E-state index in [0.717, 1.165) is 18.7 Å². The fraction of sp³-hybridized carbons (Fsp3) is 0.583. The summed E-state index contributed by atoms with van der Waals surface area (Å²) in [6.45, 7) is 12.8. The van der Waals surface area contributed by atoms with E-state index < -0.39 is 62.9 Å². The predicted octanol–water partition coefficient (Wildman–Crippen LogP) is 3.35. The number of nitrogen functional groups attached to an aromatic ring is 1. The Morgan fingerprint density at radius 3 is 2.09 bits per heavy atom. The van der Waals surface area contributed by atoms with E-state index in [2.05, 4.69) is 89.4 Å². The number of rotatable bonds is 12. The Labute approximate surface area is 311 Å². The first-order chi connectivity index (χ1) is 24.9. The van der Waals surface area contributed by atoms with Gasteiger partial charge in [0.1, 0.15) is 42.1 Å². The van der Waals surface area contributed by atoms with E-state index in [1.807, 2.05) is 6.92 Å². The number of nitrogens with one attached hydrogen (secondary N) is 1. The third kappa shape index (κ3) is 9.58. The van der Waals surface area contributed by atoms with Gasteiger partial charge in [0.2, 0.25) is 0 Å². The zero-order chi connectivity index (χ0) is 38.8. The summed E-state index contributed by atoms with van der Waals surface area (Å²) < 4.78 is 15.4. The van der Waals surface area contributed by atoms with Gasteiger partial charge in [-0.3, -0.25) is 9.13 Å². The van der Waals surface area contributed by atoms with Gasteiger partial charge < -0.3 is 41.0 Å². The number of aliphatic hydroxyl groups excluding tert-OH is 4. The number of nitrogens with zero attached hydrogens (tertiary/aromatic N) is 7. The quantitative estimate of drug-likeness (QED) is 0.0902. The summed E-state index contributed by atoms with van der Waals surface area (Å²) in [6.07, 6.45) is 12.9. The van der Waals surface area contributed by atoms with E-state index in [1.165, 1.54) is 11.9 Å². The van der Waals surface area contributed by atoms with Crippen LogP contribution < -0.4 is 11.1 Å². The van der Waals surface area contributed by atoms with Crippen molar-refractivity contribution in [3.8, 4) is 0 Å². The van der Waals surface area contributed by atoms with Gasteiger partial charge in [0.15, 0.2) is 35.1 Å². The van der Waals surface area contributed by atoms with Gasteiger partial charge in [-0.2, -0.15) is 0 Å². The second-order valence-electron chi connectivity index (χ2n) is 15.4. The highest BCUT2D eigenvalue weighted by Crippen LogP contribution is 2.41. The van der Waals surface area contributed by atoms with E-state index in [4.69, 9.17) is 15.2 Å². The molecule has 0 aliphatic carbocycles. The van der Waals surface area contributed by atoms with Crippen LogP contribution in [-0.4, -0.2) is 149 Å². The van der Waals surface area contributed by atoms with Gasteiger partial charge in [-0.1, -0.05) is 18.6 Å². The van der Waals surface area contributed by atoms with Crippen molar-refractivity contribution in [2.24, 2.45) is 0 Å². The molecule has 15 nitrogen and oxygen atoms in total. The summed E-state index contributed by atoms with van der Waals surface area (Å²) in [6, 6.07) is 1.68. The van der Waals surface area contributed by atoms with Crippen molar-refractivity contribution in [1.29, 1.82) is 0 Å². The molecule has 0 aromatic carbocycles. The Hall–Kier alpha value is -3.13.